The average Bonchev–Trinajstić information content (AvgIpc) is 2.31. The fraction of sp³-hybridized carbons (Fsp3) is 0.417. The van der Waals surface area contributed by atoms with Crippen LogP contribution in [0.1, 0.15) is 12.5 Å². The zero-order valence-corrected chi connectivity index (χ0v) is 12.8. The van der Waals surface area contributed by atoms with Crippen LogP contribution in [0.15, 0.2) is 18.2 Å². The van der Waals surface area contributed by atoms with Gasteiger partial charge < -0.3 is 5.32 Å². The van der Waals surface area contributed by atoms with Crippen molar-refractivity contribution in [2.75, 3.05) is 17.6 Å². The van der Waals surface area contributed by atoms with E-state index in [1.54, 1.807) is 12.1 Å². The van der Waals surface area contributed by atoms with Crippen molar-refractivity contribution < 1.29 is 13.2 Å². The lowest BCUT2D eigenvalue weighted by atomic mass is 10.2. The third-order valence-electron chi connectivity index (χ3n) is 2.74. The van der Waals surface area contributed by atoms with Crippen molar-refractivity contribution in [2.24, 2.45) is 0 Å². The minimum Gasteiger partial charge on any atom is -0.357 e. The molecule has 1 aromatic rings. The van der Waals surface area contributed by atoms with Crippen molar-refractivity contribution in [3.8, 4) is 0 Å². The molecule has 1 amide bonds. The number of anilines is 1. The van der Waals surface area contributed by atoms with Gasteiger partial charge in [0, 0.05) is 12.1 Å². The first-order chi connectivity index (χ1) is 8.68. The van der Waals surface area contributed by atoms with Crippen LogP contribution < -0.4 is 9.62 Å². The van der Waals surface area contributed by atoms with Crippen LogP contribution in [-0.4, -0.2) is 33.7 Å². The molecule has 1 N–H and O–H groups in total. The summed E-state index contributed by atoms with van der Waals surface area (Å²) in [6.45, 7) is 3.34. The largest absolute Gasteiger partial charge is 0.357 e. The number of benzene rings is 1. The summed E-state index contributed by atoms with van der Waals surface area (Å²) in [6.07, 6.45) is 1.06. The van der Waals surface area contributed by atoms with E-state index in [-0.39, 0.29) is 5.91 Å². The maximum Gasteiger partial charge on any atom is 0.243 e. The Kier molecular flexibility index (Phi) is 4.81. The lowest BCUT2D eigenvalue weighted by Crippen LogP contribution is -2.47. The first kappa shape index (κ1) is 15.8. The molecular weight excluding hydrogens is 288 g/mol. The van der Waals surface area contributed by atoms with Crippen LogP contribution in [0.2, 0.25) is 5.02 Å². The smallest absolute Gasteiger partial charge is 0.243 e. The minimum atomic E-state index is -3.59. The van der Waals surface area contributed by atoms with E-state index in [4.69, 9.17) is 11.6 Å². The summed E-state index contributed by atoms with van der Waals surface area (Å²) in [6, 6.07) is 4.03. The molecule has 19 heavy (non-hydrogen) atoms. The first-order valence-corrected chi connectivity index (χ1v) is 7.88. The van der Waals surface area contributed by atoms with E-state index in [9.17, 15) is 13.2 Å². The van der Waals surface area contributed by atoms with Gasteiger partial charge in [-0.1, -0.05) is 17.7 Å². The number of nitrogens with one attached hydrogen (secondary N) is 1. The molecular formula is C12H17ClN2O3S. The van der Waals surface area contributed by atoms with E-state index in [0.29, 0.717) is 10.7 Å². The Morgan fingerprint density at radius 2 is 2.00 bits per heavy atom. The molecule has 1 aromatic carbocycles. The summed E-state index contributed by atoms with van der Waals surface area (Å²) in [4.78, 5) is 11.7. The van der Waals surface area contributed by atoms with Crippen LogP contribution in [-0.2, 0) is 14.8 Å². The van der Waals surface area contributed by atoms with E-state index in [0.717, 1.165) is 16.1 Å². The zero-order valence-electron chi connectivity index (χ0n) is 11.3. The van der Waals surface area contributed by atoms with Crippen molar-refractivity contribution in [3.05, 3.63) is 28.8 Å². The van der Waals surface area contributed by atoms with Gasteiger partial charge in [-0.3, -0.25) is 9.10 Å². The van der Waals surface area contributed by atoms with Gasteiger partial charge in [-0.05, 0) is 31.5 Å². The Labute approximate surface area is 118 Å². The molecule has 5 nitrogen and oxygen atoms in total. The number of likely N-dealkylation sites (N-methyl/N-ethyl adjacent to an activating group) is 1. The molecule has 0 saturated heterocycles. The molecule has 106 valence electrons. The highest BCUT2D eigenvalue weighted by molar-refractivity contribution is 7.92. The molecule has 7 heteroatoms. The maximum atomic E-state index is 11.9. The van der Waals surface area contributed by atoms with Crippen LogP contribution >= 0.6 is 11.6 Å². The minimum absolute atomic E-state index is 0.370. The summed E-state index contributed by atoms with van der Waals surface area (Å²) >= 11 is 6.00. The number of carbonyl (C=O) groups is 1. The van der Waals surface area contributed by atoms with E-state index < -0.39 is 16.1 Å². The Bertz CT molecular complexity index is 587. The zero-order chi connectivity index (χ0) is 14.8. The van der Waals surface area contributed by atoms with Crippen molar-refractivity contribution in [1.82, 2.24) is 5.32 Å². The monoisotopic (exact) mass is 304 g/mol. The predicted molar refractivity (Wildman–Crippen MR) is 77.0 cm³/mol. The number of hydrogen-bond acceptors (Lipinski definition) is 3. The van der Waals surface area contributed by atoms with Crippen LogP contribution in [0.5, 0.6) is 0 Å². The van der Waals surface area contributed by atoms with Gasteiger partial charge in [0.05, 0.1) is 11.9 Å². The highest BCUT2D eigenvalue weighted by Crippen LogP contribution is 2.26. The van der Waals surface area contributed by atoms with Gasteiger partial charge in [-0.25, -0.2) is 8.42 Å². The second-order valence-electron chi connectivity index (χ2n) is 4.28. The molecule has 0 aliphatic carbocycles. The van der Waals surface area contributed by atoms with Crippen LogP contribution in [0.3, 0.4) is 0 Å². The van der Waals surface area contributed by atoms with Gasteiger partial charge in [0.1, 0.15) is 6.04 Å². The van der Waals surface area contributed by atoms with Crippen LogP contribution in [0.4, 0.5) is 5.69 Å². The van der Waals surface area contributed by atoms with Crippen molar-refractivity contribution in [1.29, 1.82) is 0 Å². The molecule has 0 aliphatic heterocycles. The third-order valence-corrected chi connectivity index (χ3v) is 4.39. The second-order valence-corrected chi connectivity index (χ2v) is 6.55. The summed E-state index contributed by atoms with van der Waals surface area (Å²) in [5.74, 6) is -0.387. The molecule has 0 saturated carbocycles. The van der Waals surface area contributed by atoms with Crippen molar-refractivity contribution >= 4 is 33.2 Å². The molecule has 0 heterocycles. The number of aryl methyl sites for hydroxylation is 1. The SMILES string of the molecule is CNC(=O)C(C)N(c1ccc(C)c(Cl)c1)S(C)(=O)=O. The van der Waals surface area contributed by atoms with Gasteiger partial charge in [-0.15, -0.1) is 0 Å². The lowest BCUT2D eigenvalue weighted by molar-refractivity contribution is -0.121. The highest BCUT2D eigenvalue weighted by atomic mass is 35.5. The first-order valence-electron chi connectivity index (χ1n) is 5.65. The molecule has 0 fully saturated rings. The average molecular weight is 305 g/mol. The standard InChI is InChI=1S/C12H17ClN2O3S/c1-8-5-6-10(7-11(8)13)15(19(4,17)18)9(2)12(16)14-3/h5-7,9H,1-4H3,(H,14,16). The fourth-order valence-corrected chi connectivity index (χ4v) is 3.08. The Hall–Kier alpha value is -1.27. The quantitative estimate of drug-likeness (QED) is 0.918. The molecule has 1 unspecified atom stereocenters. The molecule has 0 aromatic heterocycles. The van der Waals surface area contributed by atoms with E-state index >= 15 is 0 Å². The third kappa shape index (κ3) is 3.61. The normalized spacial score (nSPS) is 12.9. The van der Waals surface area contributed by atoms with Gasteiger partial charge in [0.25, 0.3) is 0 Å². The van der Waals surface area contributed by atoms with Crippen LogP contribution in [0.25, 0.3) is 0 Å². The molecule has 0 radical (unpaired) electrons. The maximum absolute atomic E-state index is 11.9. The van der Waals surface area contributed by atoms with Gasteiger partial charge in [-0.2, -0.15) is 0 Å². The number of hydrogen-bond donors (Lipinski definition) is 1. The molecule has 1 atom stereocenters. The number of carbonyl (C=O) groups excluding carboxylic acids is 1. The van der Waals surface area contributed by atoms with Gasteiger partial charge >= 0.3 is 0 Å². The van der Waals surface area contributed by atoms with Crippen LogP contribution in [0, 0.1) is 6.92 Å². The molecule has 1 rings (SSSR count). The van der Waals surface area contributed by atoms with Gasteiger partial charge in [0.15, 0.2) is 0 Å². The number of rotatable bonds is 4. The fourth-order valence-electron chi connectivity index (χ4n) is 1.74. The number of sulfonamides is 1. The topological polar surface area (TPSA) is 66.5 Å². The molecule has 0 spiro atoms. The summed E-state index contributed by atoms with van der Waals surface area (Å²) in [5.41, 5.74) is 1.21. The summed E-state index contributed by atoms with van der Waals surface area (Å²) in [7, 11) is -2.13. The number of amides is 1. The van der Waals surface area contributed by atoms with Crippen molar-refractivity contribution in [2.45, 2.75) is 19.9 Å². The lowest BCUT2D eigenvalue weighted by Gasteiger charge is -2.28. The number of nitrogens with zero attached hydrogens (tertiary/aromatic N) is 1. The Balaban J connectivity index is 3.33. The Morgan fingerprint density at radius 1 is 1.42 bits per heavy atom. The summed E-state index contributed by atoms with van der Waals surface area (Å²) in [5, 5.41) is 2.89. The highest BCUT2D eigenvalue weighted by Gasteiger charge is 2.28. The summed E-state index contributed by atoms with van der Waals surface area (Å²) < 4.78 is 24.8. The predicted octanol–water partition coefficient (Wildman–Crippen LogP) is 1.55. The van der Waals surface area contributed by atoms with Crippen molar-refractivity contribution in [3.63, 3.8) is 0 Å². The van der Waals surface area contributed by atoms with Gasteiger partial charge in [0.2, 0.25) is 15.9 Å². The number of halogens is 1. The second kappa shape index (κ2) is 5.79. The Morgan fingerprint density at radius 3 is 2.42 bits per heavy atom. The molecule has 0 aliphatic rings. The van der Waals surface area contributed by atoms with E-state index in [1.807, 2.05) is 6.92 Å². The van der Waals surface area contributed by atoms with E-state index in [2.05, 4.69) is 5.32 Å². The molecule has 0 bridgehead atoms. The van der Waals surface area contributed by atoms with E-state index in [1.165, 1.54) is 20.0 Å².